The number of hydrogen-bond donors (Lipinski definition) is 0. The molecule has 0 atom stereocenters. The van der Waals surface area contributed by atoms with Gasteiger partial charge in [0.05, 0.1) is 16.8 Å². The van der Waals surface area contributed by atoms with Gasteiger partial charge >= 0.3 is 0 Å². The fourth-order valence-corrected chi connectivity index (χ4v) is 10.7. The summed E-state index contributed by atoms with van der Waals surface area (Å²) in [7, 11) is 0. The monoisotopic (exact) mass is 822 g/mol. The number of benzene rings is 9. The van der Waals surface area contributed by atoms with Crippen molar-refractivity contribution in [2.45, 2.75) is 15.2 Å². The molecule has 296 valence electrons. The Labute approximate surface area is 371 Å². The Bertz CT molecular complexity index is 3150. The van der Waals surface area contributed by atoms with E-state index >= 15 is 0 Å². The molecular weight excluding hydrogens is 785 g/mol. The molecule has 0 saturated heterocycles. The molecule has 1 aromatic heterocycles. The van der Waals surface area contributed by atoms with Gasteiger partial charge in [-0.15, -0.1) is 0 Å². The summed E-state index contributed by atoms with van der Waals surface area (Å²) >= 11 is 1.83. The second kappa shape index (κ2) is 15.2. The van der Waals surface area contributed by atoms with E-state index in [-0.39, 0.29) is 0 Å². The summed E-state index contributed by atoms with van der Waals surface area (Å²) in [5, 5.41) is 0. The average Bonchev–Trinajstić information content (AvgIpc) is 3.37. The molecule has 3 heterocycles. The van der Waals surface area contributed by atoms with Crippen molar-refractivity contribution in [2.24, 2.45) is 0 Å². The normalized spacial score (nSPS) is 13.1. The number of aromatic nitrogens is 3. The zero-order chi connectivity index (χ0) is 41.7. The smallest absolute Gasteiger partial charge is 0.164 e. The van der Waals surface area contributed by atoms with E-state index in [9.17, 15) is 0 Å². The van der Waals surface area contributed by atoms with Gasteiger partial charge in [0.2, 0.25) is 0 Å². The number of para-hydroxylation sites is 3. The average molecular weight is 823 g/mol. The molecule has 9 aromatic carbocycles. The molecular formula is C58H38N4S. The summed E-state index contributed by atoms with van der Waals surface area (Å²) in [6.07, 6.45) is 0. The Kier molecular flexibility index (Phi) is 8.94. The van der Waals surface area contributed by atoms with Crippen LogP contribution in [0, 0.1) is 0 Å². The molecule has 63 heavy (non-hydrogen) atoms. The zero-order valence-electron chi connectivity index (χ0n) is 34.1. The van der Waals surface area contributed by atoms with Crippen LogP contribution in [-0.2, 0) is 5.41 Å². The van der Waals surface area contributed by atoms with Crippen LogP contribution < -0.4 is 4.90 Å². The Morgan fingerprint density at radius 3 is 1.22 bits per heavy atom. The second-order valence-corrected chi connectivity index (χ2v) is 17.0. The number of anilines is 3. The van der Waals surface area contributed by atoms with Crippen LogP contribution in [0.5, 0.6) is 0 Å². The fraction of sp³-hybridized carbons (Fsp3) is 0.0172. The highest BCUT2D eigenvalue weighted by atomic mass is 32.2. The Balaban J connectivity index is 1.06. The summed E-state index contributed by atoms with van der Waals surface area (Å²) in [6.45, 7) is 0. The highest BCUT2D eigenvalue weighted by Gasteiger charge is 2.50. The number of hydrogen-bond acceptors (Lipinski definition) is 5. The third kappa shape index (κ3) is 6.19. The molecule has 12 rings (SSSR count). The van der Waals surface area contributed by atoms with Crippen molar-refractivity contribution in [3.8, 4) is 56.4 Å². The van der Waals surface area contributed by atoms with Gasteiger partial charge < -0.3 is 4.90 Å². The predicted molar refractivity (Wildman–Crippen MR) is 258 cm³/mol. The summed E-state index contributed by atoms with van der Waals surface area (Å²) < 4.78 is 0. The van der Waals surface area contributed by atoms with Crippen LogP contribution in [-0.4, -0.2) is 15.0 Å². The van der Waals surface area contributed by atoms with Gasteiger partial charge in [-0.05, 0) is 87.0 Å². The molecule has 0 saturated carbocycles. The molecule has 2 aliphatic rings. The third-order valence-corrected chi connectivity index (χ3v) is 13.6. The Morgan fingerprint density at radius 2 is 0.683 bits per heavy atom. The minimum Gasteiger partial charge on any atom is -0.310 e. The standard InChI is InChI=1S/C58H38N4S/c1-4-16-39(17-5-1)41-28-32-43(33-29-41)55-59-56(44-34-30-42(31-35-44)40-18-6-2-7-19-40)61-57(60-55)45-36-37-54-50(38-45)58(49-24-12-15-27-53(49)63-54)47-22-10-13-25-51(47)62(46-20-8-3-9-21-46)52-26-14-11-23-48(52)58/h1-38H. The van der Waals surface area contributed by atoms with E-state index in [4.69, 9.17) is 15.0 Å². The first-order chi connectivity index (χ1) is 31.2. The van der Waals surface area contributed by atoms with Crippen molar-refractivity contribution in [1.82, 2.24) is 15.0 Å². The van der Waals surface area contributed by atoms with E-state index in [1.54, 1.807) is 0 Å². The van der Waals surface area contributed by atoms with Crippen molar-refractivity contribution in [1.29, 1.82) is 0 Å². The zero-order valence-corrected chi connectivity index (χ0v) is 35.0. The molecule has 10 aromatic rings. The van der Waals surface area contributed by atoms with E-state index < -0.39 is 5.41 Å². The van der Waals surface area contributed by atoms with Gasteiger partial charge in [0.15, 0.2) is 17.5 Å². The number of nitrogens with zero attached hydrogens (tertiary/aromatic N) is 4. The van der Waals surface area contributed by atoms with E-state index in [1.807, 2.05) is 23.9 Å². The molecule has 0 unspecified atom stereocenters. The minimum atomic E-state index is -0.634. The van der Waals surface area contributed by atoms with E-state index in [2.05, 4.69) is 223 Å². The third-order valence-electron chi connectivity index (χ3n) is 12.4. The maximum atomic E-state index is 5.30. The molecule has 5 heteroatoms. The molecule has 0 fully saturated rings. The summed E-state index contributed by atoms with van der Waals surface area (Å²) in [5.74, 6) is 1.88. The highest BCUT2D eigenvalue weighted by molar-refractivity contribution is 7.99. The van der Waals surface area contributed by atoms with Crippen LogP contribution in [0.3, 0.4) is 0 Å². The van der Waals surface area contributed by atoms with Gasteiger partial charge in [0.1, 0.15) is 0 Å². The van der Waals surface area contributed by atoms with Gasteiger partial charge in [0.25, 0.3) is 0 Å². The SMILES string of the molecule is c1ccc(-c2ccc(-c3nc(-c4ccc(-c5ccccc5)cc4)nc(-c4ccc5c(c4)C4(c6ccccc6S5)c5ccccc5N(c5ccccc5)c5ccccc54)n3)cc2)cc1. The molecule has 2 aliphatic heterocycles. The maximum Gasteiger partial charge on any atom is 0.164 e. The molecule has 4 nitrogen and oxygen atoms in total. The van der Waals surface area contributed by atoms with Crippen molar-refractivity contribution in [2.75, 3.05) is 4.90 Å². The summed E-state index contributed by atoms with van der Waals surface area (Å²) in [5.41, 5.74) is 15.1. The molecule has 0 N–H and O–H groups in total. The lowest BCUT2D eigenvalue weighted by atomic mass is 9.62. The quantitative estimate of drug-likeness (QED) is 0.167. The van der Waals surface area contributed by atoms with Crippen LogP contribution in [0.4, 0.5) is 17.1 Å². The fourth-order valence-electron chi connectivity index (χ4n) is 9.51. The van der Waals surface area contributed by atoms with Crippen LogP contribution in [0.1, 0.15) is 22.3 Å². The molecule has 0 aliphatic carbocycles. The molecule has 1 spiro atoms. The summed E-state index contributed by atoms with van der Waals surface area (Å²) in [4.78, 5) is 20.6. The second-order valence-electron chi connectivity index (χ2n) is 16.0. The van der Waals surface area contributed by atoms with Crippen LogP contribution in [0.15, 0.2) is 240 Å². The largest absolute Gasteiger partial charge is 0.310 e. The van der Waals surface area contributed by atoms with E-state index in [0.29, 0.717) is 17.5 Å². The van der Waals surface area contributed by atoms with Crippen molar-refractivity contribution >= 4 is 28.8 Å². The van der Waals surface area contributed by atoms with Gasteiger partial charge in [-0.1, -0.05) is 200 Å². The summed E-state index contributed by atoms with van der Waals surface area (Å²) in [6, 6.07) is 82.3. The van der Waals surface area contributed by atoms with Gasteiger partial charge in [-0.3, -0.25) is 0 Å². The predicted octanol–water partition coefficient (Wildman–Crippen LogP) is 14.8. The first kappa shape index (κ1) is 36.9. The van der Waals surface area contributed by atoms with Crippen LogP contribution in [0.2, 0.25) is 0 Å². The first-order valence-electron chi connectivity index (χ1n) is 21.3. The van der Waals surface area contributed by atoms with E-state index in [1.165, 1.54) is 43.2 Å². The first-order valence-corrected chi connectivity index (χ1v) is 22.1. The Morgan fingerprint density at radius 1 is 0.302 bits per heavy atom. The Hall–Kier alpha value is -7.86. The number of rotatable bonds is 6. The minimum absolute atomic E-state index is 0.624. The lowest BCUT2D eigenvalue weighted by Crippen LogP contribution is -2.39. The lowest BCUT2D eigenvalue weighted by molar-refractivity contribution is 0.692. The topological polar surface area (TPSA) is 41.9 Å². The highest BCUT2D eigenvalue weighted by Crippen LogP contribution is 2.63. The molecule has 0 bridgehead atoms. The van der Waals surface area contributed by atoms with E-state index in [0.717, 1.165) is 44.9 Å². The molecule has 0 radical (unpaired) electrons. The van der Waals surface area contributed by atoms with Gasteiger partial charge in [0, 0.05) is 32.2 Å². The molecule has 0 amide bonds. The maximum absolute atomic E-state index is 5.30. The van der Waals surface area contributed by atoms with Gasteiger partial charge in [-0.2, -0.15) is 0 Å². The van der Waals surface area contributed by atoms with Crippen molar-refractivity contribution in [3.63, 3.8) is 0 Å². The van der Waals surface area contributed by atoms with Crippen LogP contribution in [0.25, 0.3) is 56.4 Å². The number of fused-ring (bicyclic) bond motifs is 8. The van der Waals surface area contributed by atoms with Crippen molar-refractivity contribution in [3.05, 3.63) is 253 Å². The van der Waals surface area contributed by atoms with Crippen molar-refractivity contribution < 1.29 is 0 Å². The lowest BCUT2D eigenvalue weighted by Gasteiger charge is -2.49. The van der Waals surface area contributed by atoms with Gasteiger partial charge in [-0.25, -0.2) is 15.0 Å². The van der Waals surface area contributed by atoms with Crippen LogP contribution >= 0.6 is 11.8 Å².